The maximum Gasteiger partial charge on any atom is 0.321 e. The highest BCUT2D eigenvalue weighted by atomic mass is 16.4. The molecule has 2 aromatic rings. The van der Waals surface area contributed by atoms with Crippen molar-refractivity contribution in [1.82, 2.24) is 10.3 Å². The second-order valence-electron chi connectivity index (χ2n) is 5.49. The molecule has 106 valence electrons. The first-order valence-corrected chi connectivity index (χ1v) is 7.27. The Morgan fingerprint density at radius 2 is 2.15 bits per heavy atom. The third kappa shape index (κ3) is 2.31. The maximum atomic E-state index is 11.3. The first-order chi connectivity index (χ1) is 9.69. The van der Waals surface area contributed by atoms with Crippen LogP contribution in [-0.4, -0.2) is 28.6 Å². The van der Waals surface area contributed by atoms with Gasteiger partial charge in [-0.2, -0.15) is 0 Å². The number of rotatable bonds is 5. The summed E-state index contributed by atoms with van der Waals surface area (Å²) in [6, 6.07) is 3.95. The van der Waals surface area contributed by atoms with E-state index in [-0.39, 0.29) is 0 Å². The molecule has 20 heavy (non-hydrogen) atoms. The summed E-state index contributed by atoms with van der Waals surface area (Å²) in [6.45, 7) is 2.59. The molecule has 1 aromatic heterocycles. The van der Waals surface area contributed by atoms with Crippen molar-refractivity contribution in [3.63, 3.8) is 0 Å². The summed E-state index contributed by atoms with van der Waals surface area (Å²) < 4.78 is 0. The zero-order valence-corrected chi connectivity index (χ0v) is 11.7. The van der Waals surface area contributed by atoms with Gasteiger partial charge in [0.2, 0.25) is 0 Å². The summed E-state index contributed by atoms with van der Waals surface area (Å²) in [4.78, 5) is 14.5. The molecule has 0 bridgehead atoms. The molecule has 1 unspecified atom stereocenters. The molecule has 0 amide bonds. The molecular weight excluding hydrogens is 252 g/mol. The number of fused-ring (bicyclic) bond motifs is 2. The quantitative estimate of drug-likeness (QED) is 0.782. The van der Waals surface area contributed by atoms with Crippen LogP contribution in [0.4, 0.5) is 0 Å². The van der Waals surface area contributed by atoms with Crippen LogP contribution in [0.15, 0.2) is 18.3 Å². The van der Waals surface area contributed by atoms with E-state index in [9.17, 15) is 9.90 Å². The molecule has 0 spiro atoms. The number of benzene rings is 1. The average Bonchev–Trinajstić information content (AvgIpc) is 3.02. The Morgan fingerprint density at radius 1 is 1.40 bits per heavy atom. The van der Waals surface area contributed by atoms with Gasteiger partial charge in [-0.25, -0.2) is 0 Å². The van der Waals surface area contributed by atoms with Gasteiger partial charge in [-0.05, 0) is 54.6 Å². The van der Waals surface area contributed by atoms with Crippen LogP contribution >= 0.6 is 0 Å². The lowest BCUT2D eigenvalue weighted by Gasteiger charge is -2.12. The highest BCUT2D eigenvalue weighted by molar-refractivity contribution is 5.86. The number of hydrogen-bond donors (Lipinski definition) is 3. The molecule has 1 aliphatic carbocycles. The molecule has 1 atom stereocenters. The first-order valence-electron chi connectivity index (χ1n) is 7.27. The fraction of sp³-hybridized carbons (Fsp3) is 0.438. The third-order valence-corrected chi connectivity index (χ3v) is 4.15. The Labute approximate surface area is 118 Å². The number of aliphatic carboxylic acids is 1. The minimum Gasteiger partial charge on any atom is -0.480 e. The zero-order valence-electron chi connectivity index (χ0n) is 11.7. The number of hydrogen-bond acceptors (Lipinski definition) is 2. The van der Waals surface area contributed by atoms with E-state index in [0.717, 1.165) is 23.9 Å². The van der Waals surface area contributed by atoms with Crippen LogP contribution in [-0.2, 0) is 24.1 Å². The molecular formula is C16H20N2O2. The Bertz CT molecular complexity index is 645. The number of aryl methyl sites for hydroxylation is 2. The fourth-order valence-electron chi connectivity index (χ4n) is 3.13. The van der Waals surface area contributed by atoms with Gasteiger partial charge in [0.05, 0.1) is 0 Å². The first kappa shape index (κ1) is 13.2. The van der Waals surface area contributed by atoms with E-state index in [1.165, 1.54) is 22.9 Å². The summed E-state index contributed by atoms with van der Waals surface area (Å²) in [6.07, 6.45) is 6.00. The number of carboxylic acid groups (broad SMARTS) is 1. The van der Waals surface area contributed by atoms with E-state index in [1.54, 1.807) is 0 Å². The number of H-pyrrole nitrogens is 1. The van der Waals surface area contributed by atoms with Gasteiger partial charge >= 0.3 is 5.97 Å². The van der Waals surface area contributed by atoms with E-state index < -0.39 is 12.0 Å². The normalized spacial score (nSPS) is 15.4. The van der Waals surface area contributed by atoms with Crippen LogP contribution < -0.4 is 5.32 Å². The van der Waals surface area contributed by atoms with Crippen LogP contribution in [0.25, 0.3) is 10.9 Å². The molecule has 1 aliphatic rings. The second kappa shape index (κ2) is 5.29. The van der Waals surface area contributed by atoms with Crippen molar-refractivity contribution in [3.8, 4) is 0 Å². The standard InChI is InChI=1S/C16H20N2O2/c1-2-17-15(16(19)20)8-12-9-18-14-7-11-5-3-4-10(11)6-13(12)14/h6-7,9,15,17-18H,2-5,8H2,1H3,(H,19,20). The molecule has 4 nitrogen and oxygen atoms in total. The van der Waals surface area contributed by atoms with Gasteiger partial charge in [-0.1, -0.05) is 6.92 Å². The van der Waals surface area contributed by atoms with E-state index in [0.29, 0.717) is 13.0 Å². The molecule has 0 saturated heterocycles. The average molecular weight is 272 g/mol. The number of nitrogens with one attached hydrogen (secondary N) is 2. The van der Waals surface area contributed by atoms with Crippen LogP contribution in [0.2, 0.25) is 0 Å². The van der Waals surface area contributed by atoms with E-state index >= 15 is 0 Å². The van der Waals surface area contributed by atoms with Crippen LogP contribution in [0.1, 0.15) is 30.0 Å². The van der Waals surface area contributed by atoms with Gasteiger partial charge in [-0.15, -0.1) is 0 Å². The summed E-state index contributed by atoms with van der Waals surface area (Å²) in [5.41, 5.74) is 5.07. The molecule has 0 radical (unpaired) electrons. The van der Waals surface area contributed by atoms with E-state index in [1.807, 2.05) is 13.1 Å². The van der Waals surface area contributed by atoms with Gasteiger partial charge in [0.25, 0.3) is 0 Å². The lowest BCUT2D eigenvalue weighted by atomic mass is 10.0. The van der Waals surface area contributed by atoms with Crippen molar-refractivity contribution >= 4 is 16.9 Å². The molecule has 0 fully saturated rings. The number of carbonyl (C=O) groups is 1. The number of aromatic amines is 1. The molecule has 1 heterocycles. The Hall–Kier alpha value is -1.81. The topological polar surface area (TPSA) is 65.1 Å². The maximum absolute atomic E-state index is 11.3. The van der Waals surface area contributed by atoms with Crippen LogP contribution in [0.3, 0.4) is 0 Å². The Balaban J connectivity index is 1.93. The Kier molecular flexibility index (Phi) is 3.49. The second-order valence-corrected chi connectivity index (χ2v) is 5.49. The van der Waals surface area contributed by atoms with Crippen LogP contribution in [0.5, 0.6) is 0 Å². The molecule has 1 aromatic carbocycles. The van der Waals surface area contributed by atoms with Crippen molar-refractivity contribution in [2.45, 2.75) is 38.6 Å². The third-order valence-electron chi connectivity index (χ3n) is 4.15. The Morgan fingerprint density at radius 3 is 2.85 bits per heavy atom. The minimum absolute atomic E-state index is 0.516. The van der Waals surface area contributed by atoms with E-state index in [2.05, 4.69) is 22.4 Å². The predicted molar refractivity (Wildman–Crippen MR) is 79.1 cm³/mol. The van der Waals surface area contributed by atoms with Crippen molar-refractivity contribution in [2.75, 3.05) is 6.54 Å². The van der Waals surface area contributed by atoms with Gasteiger partial charge in [0.15, 0.2) is 0 Å². The smallest absolute Gasteiger partial charge is 0.321 e. The molecule has 4 heteroatoms. The number of carboxylic acids is 1. The van der Waals surface area contributed by atoms with E-state index in [4.69, 9.17) is 0 Å². The fourth-order valence-corrected chi connectivity index (χ4v) is 3.13. The minimum atomic E-state index is -0.789. The van der Waals surface area contributed by atoms with Gasteiger partial charge in [0.1, 0.15) is 6.04 Å². The lowest BCUT2D eigenvalue weighted by Crippen LogP contribution is -2.38. The zero-order chi connectivity index (χ0) is 14.1. The van der Waals surface area contributed by atoms with Gasteiger partial charge in [-0.3, -0.25) is 4.79 Å². The summed E-state index contributed by atoms with van der Waals surface area (Å²) >= 11 is 0. The van der Waals surface area contributed by atoms with Crippen molar-refractivity contribution in [2.24, 2.45) is 0 Å². The number of aromatic nitrogens is 1. The number of likely N-dealkylation sites (N-methyl/N-ethyl adjacent to an activating group) is 1. The lowest BCUT2D eigenvalue weighted by molar-refractivity contribution is -0.139. The highest BCUT2D eigenvalue weighted by Crippen LogP contribution is 2.29. The molecule has 3 N–H and O–H groups in total. The molecule has 0 saturated carbocycles. The predicted octanol–water partition coefficient (Wildman–Crippen LogP) is 2.26. The summed E-state index contributed by atoms with van der Waals surface area (Å²) in [7, 11) is 0. The highest BCUT2D eigenvalue weighted by Gasteiger charge is 2.20. The van der Waals surface area contributed by atoms with Crippen molar-refractivity contribution in [1.29, 1.82) is 0 Å². The molecule has 0 aliphatic heterocycles. The van der Waals surface area contributed by atoms with Gasteiger partial charge in [0, 0.05) is 23.5 Å². The molecule has 3 rings (SSSR count). The monoisotopic (exact) mass is 272 g/mol. The van der Waals surface area contributed by atoms with Crippen molar-refractivity contribution in [3.05, 3.63) is 35.0 Å². The summed E-state index contributed by atoms with van der Waals surface area (Å²) in [5, 5.41) is 13.5. The van der Waals surface area contributed by atoms with Crippen molar-refractivity contribution < 1.29 is 9.90 Å². The summed E-state index contributed by atoms with van der Waals surface area (Å²) in [5.74, 6) is -0.789. The van der Waals surface area contributed by atoms with Gasteiger partial charge < -0.3 is 15.4 Å². The largest absolute Gasteiger partial charge is 0.480 e. The SMILES string of the molecule is CCNC(Cc1c[nH]c2cc3c(cc12)CCC3)C(=O)O. The van der Waals surface area contributed by atoms with Crippen LogP contribution in [0, 0.1) is 0 Å².